The Morgan fingerprint density at radius 3 is 1.54 bits per heavy atom. The number of allylic oxidation sites excluding steroid dienone is 11. The molecular weight excluding hydrogens is 1010 g/mol. The van der Waals surface area contributed by atoms with Crippen LogP contribution < -0.4 is 11.1 Å². The topological polar surface area (TPSA) is 327 Å². The molecule has 0 aliphatic carbocycles. The first-order valence-corrected chi connectivity index (χ1v) is 28.6. The van der Waals surface area contributed by atoms with Crippen LogP contribution in [0.1, 0.15) is 150 Å². The molecule has 0 heterocycles. The highest BCUT2D eigenvalue weighted by Crippen LogP contribution is 2.20. The number of hydrogen-bond donors (Lipinski definition) is 14. The summed E-state index contributed by atoms with van der Waals surface area (Å²) in [6.07, 6.45) is 29.1. The van der Waals surface area contributed by atoms with Gasteiger partial charge in [-0.15, -0.1) is 0 Å². The van der Waals surface area contributed by atoms with E-state index in [1.54, 1.807) is 49.5 Å². The summed E-state index contributed by atoms with van der Waals surface area (Å²) < 4.78 is 0. The van der Waals surface area contributed by atoms with E-state index < -0.39 is 79.2 Å². The largest absolute Gasteiger partial charge is 0.393 e. The van der Waals surface area contributed by atoms with Crippen molar-refractivity contribution in [1.29, 1.82) is 0 Å². The lowest BCUT2D eigenvalue weighted by Crippen LogP contribution is -2.36. The molecule has 450 valence electrons. The van der Waals surface area contributed by atoms with E-state index in [2.05, 4.69) is 30.2 Å². The van der Waals surface area contributed by atoms with E-state index in [9.17, 15) is 70.9 Å². The van der Waals surface area contributed by atoms with Crippen LogP contribution in [-0.4, -0.2) is 159 Å². The van der Waals surface area contributed by atoms with E-state index in [4.69, 9.17) is 5.73 Å². The minimum absolute atomic E-state index is 0.00657. The molecule has 15 N–H and O–H groups in total. The number of amides is 1. The Balaban J connectivity index is 4.44. The molecule has 17 heteroatoms. The third-order valence-corrected chi connectivity index (χ3v) is 13.0. The second-order valence-corrected chi connectivity index (χ2v) is 20.7. The minimum atomic E-state index is -1.16. The van der Waals surface area contributed by atoms with Gasteiger partial charge in [-0.2, -0.15) is 0 Å². The fourth-order valence-corrected chi connectivity index (χ4v) is 8.04. The van der Waals surface area contributed by atoms with E-state index >= 15 is 0 Å². The molecule has 15 atom stereocenters. The van der Waals surface area contributed by atoms with Gasteiger partial charge in [0.25, 0.3) is 0 Å². The number of nitrogens with two attached hydrogens (primary N) is 1. The van der Waals surface area contributed by atoms with Crippen LogP contribution in [0.5, 0.6) is 0 Å². The Bertz CT molecular complexity index is 1930. The highest BCUT2D eigenvalue weighted by molar-refractivity contribution is 5.96. The Morgan fingerprint density at radius 2 is 1.00 bits per heavy atom. The van der Waals surface area contributed by atoms with Crippen LogP contribution in [0.4, 0.5) is 0 Å². The van der Waals surface area contributed by atoms with Crippen LogP contribution in [-0.2, 0) is 9.59 Å². The van der Waals surface area contributed by atoms with Crippen molar-refractivity contribution in [3.8, 4) is 0 Å². The molecule has 0 bridgehead atoms. The van der Waals surface area contributed by atoms with Crippen LogP contribution in [0, 0.1) is 17.8 Å². The summed E-state index contributed by atoms with van der Waals surface area (Å²) >= 11 is 0. The number of ketones is 1. The molecule has 0 fully saturated rings. The average molecular weight is 1110 g/mol. The Hall–Kier alpha value is -4.47. The Kier molecular flexibility index (Phi) is 44.5. The zero-order chi connectivity index (χ0) is 59.4. The Labute approximate surface area is 472 Å². The molecular formula is C62H103N3O14. The number of nitrogens with zero attached hydrogens (tertiary/aromatic N) is 1. The molecule has 0 saturated carbocycles. The summed E-state index contributed by atoms with van der Waals surface area (Å²) in [4.78, 5) is 28.7. The highest BCUT2D eigenvalue weighted by Gasteiger charge is 2.25. The lowest BCUT2D eigenvalue weighted by Gasteiger charge is -2.25. The number of rotatable bonds is 45. The number of nitrogens with one attached hydrogen (secondary N) is 1. The SMILES string of the molecule is CCC/C=C/C(C)C(O)C(C)C(O)/C=C/C=C/C=C/C=C/C=C/C=C/CC(O)C(C)C(=O)CC(O)CC(O)/C=C/CC(O)CC(O)CC(O)/C=C/CC(O)CC(O)/C=C/CC(O)CC(O)CCCN=C(N)NC(=O)CCCCC. The van der Waals surface area contributed by atoms with E-state index in [-0.39, 0.29) is 93.7 Å². The number of hydrogen-bond acceptors (Lipinski definition) is 15. The Morgan fingerprint density at radius 1 is 0.506 bits per heavy atom. The van der Waals surface area contributed by atoms with Crippen molar-refractivity contribution in [2.75, 3.05) is 6.54 Å². The van der Waals surface area contributed by atoms with Crippen molar-refractivity contribution in [1.82, 2.24) is 5.32 Å². The van der Waals surface area contributed by atoms with Crippen molar-refractivity contribution in [3.63, 3.8) is 0 Å². The van der Waals surface area contributed by atoms with Gasteiger partial charge in [0, 0.05) is 56.4 Å². The van der Waals surface area contributed by atoms with Crippen molar-refractivity contribution in [2.45, 2.75) is 223 Å². The van der Waals surface area contributed by atoms with Gasteiger partial charge in [0.2, 0.25) is 5.91 Å². The van der Waals surface area contributed by atoms with E-state index in [0.29, 0.717) is 25.8 Å². The molecule has 0 radical (unpaired) electrons. The standard InChI is InChI=1S/C62H103N3O14/c1-6-8-19-27-45(3)61(79)47(5)58(76)36-22-18-16-14-12-10-11-13-15-17-21-35-57(75)46(4)59(77)44-56(74)43-53(71)33-25-32-52(70)42-55(73)41-51(69)31-24-30-49(67)39-48(66)28-23-29-50(68)40-54(72)34-26-38-64-62(63)65-60(78)37-20-9-7-2/h10-19,21-25,27-28,31,33,36,45-58,61,66-76,79H,6-9,20,26,29-30,32,34-35,37-44H2,1-5H3,(H3,63,64,65,78)/b11-10+,14-12+,15-13+,18-16+,21-17+,27-19+,28-23+,31-24+,33-25+,36-22+. The van der Waals surface area contributed by atoms with Crippen molar-refractivity contribution >= 4 is 17.6 Å². The first-order chi connectivity index (χ1) is 37.6. The van der Waals surface area contributed by atoms with Crippen LogP contribution in [0.15, 0.2) is 127 Å². The molecule has 0 aromatic heterocycles. The number of guanidine groups is 1. The van der Waals surface area contributed by atoms with E-state index in [1.165, 1.54) is 30.4 Å². The number of unbranched alkanes of at least 4 members (excludes halogenated alkanes) is 3. The van der Waals surface area contributed by atoms with Crippen LogP contribution in [0.3, 0.4) is 0 Å². The lowest BCUT2D eigenvalue weighted by atomic mass is 9.88. The van der Waals surface area contributed by atoms with Gasteiger partial charge in [-0.25, -0.2) is 0 Å². The molecule has 0 aliphatic rings. The number of aliphatic hydroxyl groups excluding tert-OH is 12. The molecule has 79 heavy (non-hydrogen) atoms. The maximum absolute atomic E-state index is 12.8. The summed E-state index contributed by atoms with van der Waals surface area (Å²) in [6, 6.07) is 0. The quantitative estimate of drug-likeness (QED) is 0.0112. The molecule has 0 aliphatic heterocycles. The fraction of sp³-hybridized carbons (Fsp3) is 0.629. The van der Waals surface area contributed by atoms with Gasteiger partial charge in [0.05, 0.1) is 73.2 Å². The number of aliphatic imine (C=N–C) groups is 1. The number of Topliss-reactive ketones (excluding diaryl/α,β-unsaturated/α-hetero) is 1. The van der Waals surface area contributed by atoms with E-state index in [0.717, 1.165) is 32.1 Å². The lowest BCUT2D eigenvalue weighted by molar-refractivity contribution is -0.127. The third-order valence-electron chi connectivity index (χ3n) is 13.0. The highest BCUT2D eigenvalue weighted by atomic mass is 16.3. The average Bonchev–Trinajstić information content (AvgIpc) is 3.37. The van der Waals surface area contributed by atoms with Gasteiger partial charge in [0.15, 0.2) is 5.96 Å². The summed E-state index contributed by atoms with van der Waals surface area (Å²) in [6.45, 7) is 9.82. The molecule has 0 aromatic rings. The van der Waals surface area contributed by atoms with Gasteiger partial charge in [-0.05, 0) is 64.2 Å². The van der Waals surface area contributed by atoms with Gasteiger partial charge >= 0.3 is 0 Å². The number of carbonyl (C=O) groups excluding carboxylic acids is 2. The molecule has 15 unspecified atom stereocenters. The number of aliphatic hydroxyl groups is 12. The van der Waals surface area contributed by atoms with Crippen molar-refractivity contribution in [3.05, 3.63) is 122 Å². The summed E-state index contributed by atoms with van der Waals surface area (Å²) in [7, 11) is 0. The van der Waals surface area contributed by atoms with Crippen LogP contribution in [0.2, 0.25) is 0 Å². The fourth-order valence-electron chi connectivity index (χ4n) is 8.04. The van der Waals surface area contributed by atoms with Crippen LogP contribution >= 0.6 is 0 Å². The molecule has 0 aromatic carbocycles. The molecule has 17 nitrogen and oxygen atoms in total. The second kappa shape index (κ2) is 47.2. The smallest absolute Gasteiger partial charge is 0.226 e. The van der Waals surface area contributed by atoms with E-state index in [1.807, 2.05) is 56.4 Å². The zero-order valence-electron chi connectivity index (χ0n) is 47.8. The number of carbonyl (C=O) groups is 2. The summed E-state index contributed by atoms with van der Waals surface area (Å²) in [5, 5.41) is 127. The van der Waals surface area contributed by atoms with Gasteiger partial charge in [0.1, 0.15) is 5.78 Å². The molecule has 0 spiro atoms. The molecule has 0 rings (SSSR count). The normalized spacial score (nSPS) is 19.1. The summed E-state index contributed by atoms with van der Waals surface area (Å²) in [5.74, 6) is -1.60. The third kappa shape index (κ3) is 42.1. The second-order valence-electron chi connectivity index (χ2n) is 20.7. The summed E-state index contributed by atoms with van der Waals surface area (Å²) in [5.41, 5.74) is 5.74. The van der Waals surface area contributed by atoms with Gasteiger partial charge in [-0.1, -0.05) is 175 Å². The molecule has 0 saturated heterocycles. The van der Waals surface area contributed by atoms with Gasteiger partial charge < -0.3 is 67.0 Å². The maximum Gasteiger partial charge on any atom is 0.226 e. The first-order valence-electron chi connectivity index (χ1n) is 28.6. The van der Waals surface area contributed by atoms with Gasteiger partial charge in [-0.3, -0.25) is 19.9 Å². The molecule has 1 amide bonds. The minimum Gasteiger partial charge on any atom is -0.393 e. The van der Waals surface area contributed by atoms with Crippen molar-refractivity contribution in [2.24, 2.45) is 28.5 Å². The first kappa shape index (κ1) is 74.5. The predicted octanol–water partition coefficient (Wildman–Crippen LogP) is 5.85. The monoisotopic (exact) mass is 1110 g/mol. The van der Waals surface area contributed by atoms with Crippen molar-refractivity contribution < 1.29 is 70.9 Å². The maximum atomic E-state index is 12.8. The predicted molar refractivity (Wildman–Crippen MR) is 315 cm³/mol. The zero-order valence-corrected chi connectivity index (χ0v) is 47.8. The van der Waals surface area contributed by atoms with Crippen LogP contribution in [0.25, 0.3) is 0 Å².